The molecule has 0 aromatic heterocycles. The van der Waals surface area contributed by atoms with Gasteiger partial charge in [-0.1, -0.05) is 26.2 Å². The van der Waals surface area contributed by atoms with E-state index in [1.165, 1.54) is 32.2 Å². The van der Waals surface area contributed by atoms with Gasteiger partial charge in [-0.25, -0.2) is 0 Å². The molecule has 5 nitrogen and oxygen atoms in total. The topological polar surface area (TPSA) is 46.4 Å². The highest BCUT2D eigenvalue weighted by molar-refractivity contribution is 7.99. The van der Waals surface area contributed by atoms with Gasteiger partial charge in [-0.2, -0.15) is 5.10 Å². The van der Waals surface area contributed by atoms with E-state index < -0.39 is 0 Å². The van der Waals surface area contributed by atoms with E-state index in [9.17, 15) is 0 Å². The lowest BCUT2D eigenvalue weighted by molar-refractivity contribution is 0.303. The number of hydrogen-bond donors (Lipinski definition) is 0. The standard InChI is InChI=1S/C20H33N3O2S/c1-5-26-17-25-20(22-21-2)18-11-13-19(14-12-18)24-16-10-8-6-7-9-15-23(3)4/h11-14H,2,5-10,15-17H2,1,3-4H3/b22-20-. The third-order valence-electron chi connectivity index (χ3n) is 3.76. The van der Waals surface area contributed by atoms with Gasteiger partial charge in [-0.05, 0) is 63.5 Å². The number of hydrogen-bond acceptors (Lipinski definition) is 6. The molecular weight excluding hydrogens is 346 g/mol. The van der Waals surface area contributed by atoms with Gasteiger partial charge in [0.1, 0.15) is 11.7 Å². The predicted octanol–water partition coefficient (Wildman–Crippen LogP) is 4.67. The van der Waals surface area contributed by atoms with Crippen LogP contribution in [0.4, 0.5) is 0 Å². The number of benzene rings is 1. The summed E-state index contributed by atoms with van der Waals surface area (Å²) in [6, 6.07) is 7.77. The molecule has 0 aliphatic heterocycles. The summed E-state index contributed by atoms with van der Waals surface area (Å²) in [4.78, 5) is 2.24. The van der Waals surface area contributed by atoms with Gasteiger partial charge < -0.3 is 14.4 Å². The third-order valence-corrected chi connectivity index (χ3v) is 4.46. The van der Waals surface area contributed by atoms with Crippen molar-refractivity contribution in [3.05, 3.63) is 29.8 Å². The predicted molar refractivity (Wildman–Crippen MR) is 114 cm³/mol. The van der Waals surface area contributed by atoms with E-state index in [2.05, 4.69) is 42.8 Å². The molecule has 0 amide bonds. The maximum Gasteiger partial charge on any atom is 0.241 e. The molecule has 6 heteroatoms. The lowest BCUT2D eigenvalue weighted by Gasteiger charge is -2.10. The third kappa shape index (κ3) is 10.5. The van der Waals surface area contributed by atoms with E-state index in [4.69, 9.17) is 9.47 Å². The summed E-state index contributed by atoms with van der Waals surface area (Å²) in [7, 11) is 4.25. The maximum atomic E-state index is 5.82. The van der Waals surface area contributed by atoms with Gasteiger partial charge in [0, 0.05) is 12.3 Å². The second-order valence-corrected chi connectivity index (χ2v) is 7.47. The van der Waals surface area contributed by atoms with E-state index in [-0.39, 0.29) is 0 Å². The molecular formula is C20H33N3O2S. The van der Waals surface area contributed by atoms with Crippen LogP contribution in [0.5, 0.6) is 5.75 Å². The lowest BCUT2D eigenvalue weighted by Crippen LogP contribution is -2.12. The molecule has 0 N–H and O–H groups in total. The largest absolute Gasteiger partial charge is 0.494 e. The Labute approximate surface area is 162 Å². The molecule has 146 valence electrons. The van der Waals surface area contributed by atoms with E-state index in [0.717, 1.165) is 30.1 Å². The van der Waals surface area contributed by atoms with Crippen LogP contribution in [0.15, 0.2) is 34.5 Å². The van der Waals surface area contributed by atoms with Crippen molar-refractivity contribution in [1.29, 1.82) is 0 Å². The summed E-state index contributed by atoms with van der Waals surface area (Å²) >= 11 is 1.69. The molecule has 1 rings (SSSR count). The minimum atomic E-state index is 0.491. The van der Waals surface area contributed by atoms with Gasteiger partial charge in [0.15, 0.2) is 0 Å². The zero-order valence-corrected chi connectivity index (χ0v) is 17.3. The number of unbranched alkanes of at least 4 members (excludes halogenated alkanes) is 4. The quantitative estimate of drug-likeness (QED) is 0.155. The van der Waals surface area contributed by atoms with Crippen molar-refractivity contribution in [2.45, 2.75) is 39.0 Å². The molecule has 0 saturated carbocycles. The van der Waals surface area contributed by atoms with Crippen molar-refractivity contribution in [3.63, 3.8) is 0 Å². The molecule has 0 spiro atoms. The fourth-order valence-electron chi connectivity index (χ4n) is 2.36. The van der Waals surface area contributed by atoms with Crippen LogP contribution >= 0.6 is 11.8 Å². The maximum absolute atomic E-state index is 5.82. The molecule has 1 aromatic carbocycles. The fraction of sp³-hybridized carbons (Fsp3) is 0.600. The molecule has 0 aliphatic carbocycles. The van der Waals surface area contributed by atoms with Crippen LogP contribution in [0.3, 0.4) is 0 Å². The zero-order valence-electron chi connectivity index (χ0n) is 16.4. The Morgan fingerprint density at radius 2 is 1.77 bits per heavy atom. The van der Waals surface area contributed by atoms with Crippen LogP contribution in [0.25, 0.3) is 0 Å². The monoisotopic (exact) mass is 379 g/mol. The van der Waals surface area contributed by atoms with Crippen molar-refractivity contribution in [2.75, 3.05) is 38.9 Å². The fourth-order valence-corrected chi connectivity index (χ4v) is 2.72. The van der Waals surface area contributed by atoms with Gasteiger partial charge in [0.05, 0.1) is 6.61 Å². The van der Waals surface area contributed by atoms with Crippen LogP contribution in [-0.2, 0) is 4.74 Å². The van der Waals surface area contributed by atoms with E-state index in [1.807, 2.05) is 24.3 Å². The minimum Gasteiger partial charge on any atom is -0.494 e. The molecule has 0 atom stereocenters. The van der Waals surface area contributed by atoms with Gasteiger partial charge in [-0.15, -0.1) is 16.9 Å². The summed E-state index contributed by atoms with van der Waals surface area (Å²) in [5.41, 5.74) is 0.877. The Hall–Kier alpha value is -1.53. The van der Waals surface area contributed by atoms with Crippen LogP contribution in [0.2, 0.25) is 0 Å². The smallest absolute Gasteiger partial charge is 0.241 e. The minimum absolute atomic E-state index is 0.491. The average Bonchev–Trinajstić information content (AvgIpc) is 2.64. The summed E-state index contributed by atoms with van der Waals surface area (Å²) in [5.74, 6) is 2.91. The second kappa shape index (κ2) is 14.6. The van der Waals surface area contributed by atoms with Gasteiger partial charge in [0.2, 0.25) is 5.90 Å². The first-order chi connectivity index (χ1) is 12.7. The molecule has 0 saturated heterocycles. The summed E-state index contributed by atoms with van der Waals surface area (Å²) in [5, 5.41) is 7.55. The SMILES string of the molecule is C=N/N=C(\OCSCC)c1ccc(OCCCCCCCN(C)C)cc1. The molecule has 0 aliphatic rings. The van der Waals surface area contributed by atoms with Crippen molar-refractivity contribution in [3.8, 4) is 5.75 Å². The van der Waals surface area contributed by atoms with E-state index >= 15 is 0 Å². The highest BCUT2D eigenvalue weighted by Crippen LogP contribution is 2.15. The van der Waals surface area contributed by atoms with E-state index in [0.29, 0.717) is 11.8 Å². The highest BCUT2D eigenvalue weighted by atomic mass is 32.2. The molecule has 1 aromatic rings. The number of rotatable bonds is 14. The average molecular weight is 380 g/mol. The van der Waals surface area contributed by atoms with Gasteiger partial charge in [-0.3, -0.25) is 0 Å². The first-order valence-electron chi connectivity index (χ1n) is 9.29. The molecule has 0 heterocycles. The Kier molecular flexibility index (Phi) is 12.7. The van der Waals surface area contributed by atoms with Gasteiger partial charge >= 0.3 is 0 Å². The zero-order chi connectivity index (χ0) is 19.0. The van der Waals surface area contributed by atoms with E-state index in [1.54, 1.807) is 11.8 Å². The number of ether oxygens (including phenoxy) is 2. The van der Waals surface area contributed by atoms with Crippen LogP contribution in [-0.4, -0.2) is 56.5 Å². The molecule has 26 heavy (non-hydrogen) atoms. The second-order valence-electron chi connectivity index (χ2n) is 6.25. The normalized spacial score (nSPS) is 11.6. The Bertz CT molecular complexity index is 518. The van der Waals surface area contributed by atoms with Crippen molar-refractivity contribution >= 4 is 24.4 Å². The summed E-state index contributed by atoms with van der Waals surface area (Å²) < 4.78 is 11.5. The lowest BCUT2D eigenvalue weighted by atomic mass is 10.1. The van der Waals surface area contributed by atoms with Crippen LogP contribution in [0, 0.1) is 0 Å². The summed E-state index contributed by atoms with van der Waals surface area (Å²) in [6.07, 6.45) is 6.16. The molecule has 0 radical (unpaired) electrons. The van der Waals surface area contributed by atoms with Crippen molar-refractivity contribution in [2.24, 2.45) is 10.2 Å². The number of nitrogens with zero attached hydrogens (tertiary/aromatic N) is 3. The Morgan fingerprint density at radius 3 is 2.42 bits per heavy atom. The van der Waals surface area contributed by atoms with Crippen LogP contribution < -0.4 is 4.74 Å². The number of thioether (sulfide) groups is 1. The molecule has 0 unspecified atom stereocenters. The highest BCUT2D eigenvalue weighted by Gasteiger charge is 2.06. The Morgan fingerprint density at radius 1 is 1.08 bits per heavy atom. The van der Waals surface area contributed by atoms with Crippen LogP contribution in [0.1, 0.15) is 44.6 Å². The van der Waals surface area contributed by atoms with Crippen molar-refractivity contribution < 1.29 is 9.47 Å². The molecule has 0 bridgehead atoms. The van der Waals surface area contributed by atoms with Gasteiger partial charge in [0.25, 0.3) is 0 Å². The first-order valence-corrected chi connectivity index (χ1v) is 10.4. The summed E-state index contributed by atoms with van der Waals surface area (Å²) in [6.45, 7) is 7.43. The molecule has 0 fully saturated rings. The van der Waals surface area contributed by atoms with Crippen molar-refractivity contribution in [1.82, 2.24) is 4.90 Å². The first kappa shape index (κ1) is 22.5. The Balaban J connectivity index is 2.28.